The van der Waals surface area contributed by atoms with Crippen LogP contribution in [0.5, 0.6) is 0 Å². The molecule has 2 aliphatic heterocycles. The molecule has 1 saturated heterocycles. The molecule has 1 aromatic carbocycles. The predicted molar refractivity (Wildman–Crippen MR) is 107 cm³/mol. The number of carbonyl (C=O) groups is 1. The minimum atomic E-state index is -0.498. The Hall–Kier alpha value is -1.53. The molecule has 0 N–H and O–H groups in total. The van der Waals surface area contributed by atoms with Crippen molar-refractivity contribution < 1.29 is 18.8 Å². The van der Waals surface area contributed by atoms with E-state index in [2.05, 4.69) is 52.8 Å². The number of rotatable bonds is 1. The maximum atomic E-state index is 12.6. The van der Waals surface area contributed by atoms with E-state index >= 15 is 0 Å². The molecule has 3 rings (SSSR count). The highest BCUT2D eigenvalue weighted by Crippen LogP contribution is 2.36. The third-order valence-electron chi connectivity index (χ3n) is 5.77. The highest BCUT2D eigenvalue weighted by atomic mass is 16.7. The minimum Gasteiger partial charge on any atom is -0.444 e. The monoisotopic (exact) mass is 373 g/mol. The third kappa shape index (κ3) is 4.02. The summed E-state index contributed by atoms with van der Waals surface area (Å²) in [5.41, 5.74) is 2.15. The second-order valence-electron chi connectivity index (χ2n) is 9.78. The van der Waals surface area contributed by atoms with Crippen LogP contribution >= 0.6 is 0 Å². The number of benzene rings is 1. The average molecular weight is 373 g/mol. The number of nitrogens with zero attached hydrogens (tertiary/aromatic N) is 1. The first-order valence-electron chi connectivity index (χ1n) is 9.76. The van der Waals surface area contributed by atoms with E-state index in [1.165, 1.54) is 5.56 Å². The minimum absolute atomic E-state index is 0.107. The Morgan fingerprint density at radius 3 is 2.30 bits per heavy atom. The summed E-state index contributed by atoms with van der Waals surface area (Å²) in [6.07, 6.45) is 0.555. The van der Waals surface area contributed by atoms with Gasteiger partial charge in [-0.1, -0.05) is 18.2 Å². The van der Waals surface area contributed by atoms with Crippen LogP contribution in [-0.2, 0) is 27.0 Å². The van der Waals surface area contributed by atoms with E-state index in [0.717, 1.165) is 17.4 Å². The molecule has 1 fully saturated rings. The maximum Gasteiger partial charge on any atom is 0.494 e. The van der Waals surface area contributed by atoms with Gasteiger partial charge in [0, 0.05) is 12.6 Å². The summed E-state index contributed by atoms with van der Waals surface area (Å²) in [7, 11) is -0.394. The molecule has 0 aromatic heterocycles. The van der Waals surface area contributed by atoms with E-state index in [9.17, 15) is 4.79 Å². The number of fused-ring (bicyclic) bond motifs is 1. The van der Waals surface area contributed by atoms with E-state index in [-0.39, 0.29) is 23.3 Å². The van der Waals surface area contributed by atoms with Crippen molar-refractivity contribution in [2.45, 2.75) is 91.2 Å². The van der Waals surface area contributed by atoms with Gasteiger partial charge in [-0.3, -0.25) is 0 Å². The molecular weight excluding hydrogens is 341 g/mol. The smallest absolute Gasteiger partial charge is 0.444 e. The third-order valence-corrected chi connectivity index (χ3v) is 5.77. The van der Waals surface area contributed by atoms with E-state index < -0.39 is 12.7 Å². The van der Waals surface area contributed by atoms with Crippen LogP contribution in [0.2, 0.25) is 0 Å². The molecule has 1 amide bonds. The number of amides is 1. The lowest BCUT2D eigenvalue weighted by molar-refractivity contribution is 0.00578. The van der Waals surface area contributed by atoms with Crippen molar-refractivity contribution in [3.8, 4) is 0 Å². The fraction of sp³-hybridized carbons (Fsp3) is 0.667. The summed E-state index contributed by atoms with van der Waals surface area (Å²) in [4.78, 5) is 14.4. The van der Waals surface area contributed by atoms with E-state index in [1.807, 2.05) is 25.7 Å². The number of hydrogen-bond acceptors (Lipinski definition) is 4. The van der Waals surface area contributed by atoms with Gasteiger partial charge < -0.3 is 18.9 Å². The van der Waals surface area contributed by atoms with Gasteiger partial charge in [0.15, 0.2) is 0 Å². The van der Waals surface area contributed by atoms with Crippen LogP contribution < -0.4 is 5.46 Å². The molecule has 0 unspecified atom stereocenters. The Kier molecular flexibility index (Phi) is 4.88. The molecule has 0 radical (unpaired) electrons. The van der Waals surface area contributed by atoms with Crippen LogP contribution in [0.3, 0.4) is 0 Å². The molecule has 2 aliphatic rings. The molecule has 1 atom stereocenters. The first kappa shape index (κ1) is 20.2. The second-order valence-corrected chi connectivity index (χ2v) is 9.78. The highest BCUT2D eigenvalue weighted by Gasteiger charge is 2.51. The second kappa shape index (κ2) is 6.52. The zero-order valence-electron chi connectivity index (χ0n) is 17.9. The Morgan fingerprint density at radius 2 is 1.74 bits per heavy atom. The Balaban J connectivity index is 1.82. The first-order valence-corrected chi connectivity index (χ1v) is 9.76. The standard InChI is InChI=1S/C21H32BNO4/c1-14-11-15-9-10-17(22-26-20(5,6)21(7,8)27-22)12-16(15)13-23(14)18(24)25-19(2,3)4/h9-10,12,14H,11,13H2,1-8H3/t14-/m0/s1. The zero-order valence-corrected chi connectivity index (χ0v) is 17.9. The Bertz CT molecular complexity index is 722. The van der Waals surface area contributed by atoms with E-state index in [1.54, 1.807) is 0 Å². The molecule has 0 spiro atoms. The highest BCUT2D eigenvalue weighted by molar-refractivity contribution is 6.62. The predicted octanol–water partition coefficient (Wildman–Crippen LogP) is 3.67. The van der Waals surface area contributed by atoms with Gasteiger partial charge in [-0.25, -0.2) is 4.79 Å². The summed E-state index contributed by atoms with van der Waals surface area (Å²) >= 11 is 0. The molecule has 1 aromatic rings. The Morgan fingerprint density at radius 1 is 1.15 bits per heavy atom. The van der Waals surface area contributed by atoms with Crippen molar-refractivity contribution in [1.82, 2.24) is 4.90 Å². The normalized spacial score (nSPS) is 23.9. The van der Waals surface area contributed by atoms with Crippen molar-refractivity contribution in [2.75, 3.05) is 0 Å². The van der Waals surface area contributed by atoms with Gasteiger partial charge in [0.25, 0.3) is 0 Å². The van der Waals surface area contributed by atoms with Crippen LogP contribution in [0.15, 0.2) is 18.2 Å². The molecular formula is C21H32BNO4. The van der Waals surface area contributed by atoms with Gasteiger partial charge in [-0.15, -0.1) is 0 Å². The van der Waals surface area contributed by atoms with Crippen LogP contribution in [0.25, 0.3) is 0 Å². The molecule has 0 saturated carbocycles. The number of carbonyl (C=O) groups excluding carboxylic acids is 1. The molecule has 6 heteroatoms. The molecule has 27 heavy (non-hydrogen) atoms. The summed E-state index contributed by atoms with van der Waals surface area (Å²) < 4.78 is 17.9. The topological polar surface area (TPSA) is 48.0 Å². The fourth-order valence-electron chi connectivity index (χ4n) is 3.45. The quantitative estimate of drug-likeness (QED) is 0.705. The average Bonchev–Trinajstić information content (AvgIpc) is 2.72. The molecule has 5 nitrogen and oxygen atoms in total. The number of hydrogen-bond donors (Lipinski definition) is 0. The van der Waals surface area contributed by atoms with Gasteiger partial charge in [0.1, 0.15) is 5.60 Å². The van der Waals surface area contributed by atoms with E-state index in [4.69, 9.17) is 14.0 Å². The van der Waals surface area contributed by atoms with Crippen LogP contribution in [0.1, 0.15) is 66.5 Å². The molecule has 0 aliphatic carbocycles. The largest absolute Gasteiger partial charge is 0.494 e. The SMILES string of the molecule is C[C@H]1Cc2ccc(B3OC(C)(C)C(C)(C)O3)cc2CN1C(=O)OC(C)(C)C. The van der Waals surface area contributed by atoms with Crippen LogP contribution in [0.4, 0.5) is 4.79 Å². The molecule has 0 bridgehead atoms. The van der Waals surface area contributed by atoms with Crippen molar-refractivity contribution in [3.05, 3.63) is 29.3 Å². The maximum absolute atomic E-state index is 12.6. The van der Waals surface area contributed by atoms with Gasteiger partial charge in [0.05, 0.1) is 11.2 Å². The lowest BCUT2D eigenvalue weighted by Gasteiger charge is -2.36. The van der Waals surface area contributed by atoms with Crippen molar-refractivity contribution in [1.29, 1.82) is 0 Å². The fourth-order valence-corrected chi connectivity index (χ4v) is 3.45. The Labute approximate surface area is 163 Å². The van der Waals surface area contributed by atoms with Crippen molar-refractivity contribution >= 4 is 18.7 Å². The lowest BCUT2D eigenvalue weighted by atomic mass is 9.76. The summed E-state index contributed by atoms with van der Waals surface area (Å²) in [5.74, 6) is 0. The molecule has 148 valence electrons. The lowest BCUT2D eigenvalue weighted by Crippen LogP contribution is -2.45. The molecule has 2 heterocycles. The van der Waals surface area contributed by atoms with E-state index in [0.29, 0.717) is 6.54 Å². The summed E-state index contributed by atoms with van der Waals surface area (Å²) in [5, 5.41) is 0. The van der Waals surface area contributed by atoms with Gasteiger partial charge in [0.2, 0.25) is 0 Å². The van der Waals surface area contributed by atoms with Crippen LogP contribution in [-0.4, -0.2) is 41.0 Å². The van der Waals surface area contributed by atoms with Crippen molar-refractivity contribution in [3.63, 3.8) is 0 Å². The first-order chi connectivity index (χ1) is 12.3. The zero-order chi connectivity index (χ0) is 20.2. The van der Waals surface area contributed by atoms with Gasteiger partial charge >= 0.3 is 13.2 Å². The van der Waals surface area contributed by atoms with Crippen LogP contribution in [0, 0.1) is 0 Å². The summed E-state index contributed by atoms with van der Waals surface area (Å²) in [6.45, 7) is 16.5. The summed E-state index contributed by atoms with van der Waals surface area (Å²) in [6, 6.07) is 6.44. The van der Waals surface area contributed by atoms with Crippen molar-refractivity contribution in [2.24, 2.45) is 0 Å². The van der Waals surface area contributed by atoms with Gasteiger partial charge in [-0.2, -0.15) is 0 Å². The van der Waals surface area contributed by atoms with Gasteiger partial charge in [-0.05, 0) is 78.4 Å². The number of ether oxygens (including phenoxy) is 1.